The number of halogens is 1. The van der Waals surface area contributed by atoms with Gasteiger partial charge in [0.15, 0.2) is 0 Å². The molecular weight excluding hydrogens is 581 g/mol. The van der Waals surface area contributed by atoms with Gasteiger partial charge < -0.3 is 10.1 Å². The number of carbonyl (C=O) groups excluding carboxylic acids is 1. The normalized spacial score (nSPS) is 11.5. The minimum Gasteiger partial charge on any atom is -0.494 e. The lowest BCUT2D eigenvalue weighted by Gasteiger charge is -2.24. The van der Waals surface area contributed by atoms with Crippen molar-refractivity contribution in [2.75, 3.05) is 27.5 Å². The first-order valence-corrected chi connectivity index (χ1v) is 15.8. The number of carbonyl (C=O) groups is 1. The molecule has 12 heteroatoms. The quantitative estimate of drug-likeness (QED) is 0.232. The summed E-state index contributed by atoms with van der Waals surface area (Å²) in [4.78, 5) is 12.8. The van der Waals surface area contributed by atoms with Gasteiger partial charge in [-0.25, -0.2) is 21.2 Å². The van der Waals surface area contributed by atoms with E-state index in [2.05, 4.69) is 10.0 Å². The van der Waals surface area contributed by atoms with Crippen molar-refractivity contribution in [1.29, 1.82) is 0 Å². The van der Waals surface area contributed by atoms with Crippen LogP contribution in [0.4, 0.5) is 21.5 Å². The van der Waals surface area contributed by atoms with Crippen molar-refractivity contribution in [2.45, 2.75) is 30.6 Å². The van der Waals surface area contributed by atoms with E-state index in [1.807, 2.05) is 13.0 Å². The molecule has 42 heavy (non-hydrogen) atoms. The summed E-state index contributed by atoms with van der Waals surface area (Å²) in [7, 11) is -8.18. The maximum Gasteiger partial charge on any atom is 0.264 e. The fourth-order valence-corrected chi connectivity index (χ4v) is 6.77. The van der Waals surface area contributed by atoms with E-state index in [1.54, 1.807) is 38.1 Å². The molecule has 2 N–H and O–H groups in total. The number of aryl methyl sites for hydroxylation is 2. The highest BCUT2D eigenvalue weighted by Crippen LogP contribution is 2.27. The molecule has 0 atom stereocenters. The standard InChI is InChI=1S/C30H30FN3O6S2/c1-4-40-26-14-12-25(13-15-26)34(42(38,39)28-16-8-23(31)9-17-28)20-29(35)32-24-10-18-27(19-11-24)41(36,37)33-30-21(2)6-5-7-22(30)3/h5-19,33H,4,20H2,1-3H3,(H,32,35). The lowest BCUT2D eigenvalue weighted by Crippen LogP contribution is -2.38. The van der Waals surface area contributed by atoms with Gasteiger partial charge in [0.2, 0.25) is 5.91 Å². The molecule has 0 aliphatic heterocycles. The number of nitrogens with one attached hydrogen (secondary N) is 2. The average Bonchev–Trinajstić information content (AvgIpc) is 2.95. The minimum atomic E-state index is -4.27. The van der Waals surface area contributed by atoms with Crippen LogP contribution in [0, 0.1) is 19.7 Å². The second-order valence-corrected chi connectivity index (χ2v) is 12.9. The van der Waals surface area contributed by atoms with E-state index in [-0.39, 0.29) is 21.2 Å². The highest BCUT2D eigenvalue weighted by Gasteiger charge is 2.27. The average molecular weight is 612 g/mol. The maximum absolute atomic E-state index is 13.5. The van der Waals surface area contributed by atoms with E-state index in [4.69, 9.17) is 4.74 Å². The molecule has 0 aliphatic carbocycles. The molecule has 4 rings (SSSR count). The van der Waals surface area contributed by atoms with E-state index in [1.165, 1.54) is 36.4 Å². The SMILES string of the molecule is CCOc1ccc(N(CC(=O)Nc2ccc(S(=O)(=O)Nc3c(C)cccc3C)cc2)S(=O)(=O)c2ccc(F)cc2)cc1. The highest BCUT2D eigenvalue weighted by atomic mass is 32.2. The molecule has 0 radical (unpaired) electrons. The van der Waals surface area contributed by atoms with Crippen molar-refractivity contribution < 1.29 is 30.8 Å². The van der Waals surface area contributed by atoms with E-state index in [0.717, 1.165) is 39.7 Å². The Morgan fingerprint density at radius 3 is 1.95 bits per heavy atom. The first-order chi connectivity index (χ1) is 19.9. The molecule has 0 bridgehead atoms. The molecule has 4 aromatic rings. The molecule has 0 aromatic heterocycles. The summed E-state index contributed by atoms with van der Waals surface area (Å²) in [5.74, 6) is -0.764. The lowest BCUT2D eigenvalue weighted by molar-refractivity contribution is -0.114. The number of hydrogen-bond acceptors (Lipinski definition) is 6. The zero-order valence-corrected chi connectivity index (χ0v) is 24.8. The van der Waals surface area contributed by atoms with E-state index < -0.39 is 38.3 Å². The summed E-state index contributed by atoms with van der Waals surface area (Å²) in [5.41, 5.74) is 2.49. The van der Waals surface area contributed by atoms with Crippen LogP contribution in [0.2, 0.25) is 0 Å². The number of anilines is 3. The van der Waals surface area contributed by atoms with Crippen LogP contribution in [-0.2, 0) is 24.8 Å². The van der Waals surface area contributed by atoms with E-state index in [0.29, 0.717) is 18.0 Å². The van der Waals surface area contributed by atoms with Crippen LogP contribution in [0.5, 0.6) is 5.75 Å². The van der Waals surface area contributed by atoms with Crippen LogP contribution in [-0.4, -0.2) is 35.9 Å². The van der Waals surface area contributed by atoms with Gasteiger partial charge in [-0.3, -0.25) is 13.8 Å². The molecular formula is C30H30FN3O6S2. The Hall–Kier alpha value is -4.42. The van der Waals surface area contributed by atoms with Gasteiger partial charge in [-0.2, -0.15) is 0 Å². The largest absolute Gasteiger partial charge is 0.494 e. The predicted octanol–water partition coefficient (Wildman–Crippen LogP) is 5.48. The molecule has 0 spiro atoms. The van der Waals surface area contributed by atoms with E-state index in [9.17, 15) is 26.0 Å². The third-order valence-electron chi connectivity index (χ3n) is 6.29. The molecule has 0 saturated heterocycles. The Balaban J connectivity index is 1.54. The van der Waals surface area contributed by atoms with Crippen molar-refractivity contribution in [1.82, 2.24) is 0 Å². The van der Waals surface area contributed by atoms with Gasteiger partial charge in [-0.05, 0) is 105 Å². The highest BCUT2D eigenvalue weighted by molar-refractivity contribution is 7.93. The summed E-state index contributed by atoms with van der Waals surface area (Å²) in [6.07, 6.45) is 0. The van der Waals surface area contributed by atoms with Gasteiger partial charge in [-0.15, -0.1) is 0 Å². The monoisotopic (exact) mass is 611 g/mol. The summed E-state index contributed by atoms with van der Waals surface area (Å²) in [5, 5.41) is 2.61. The molecule has 0 heterocycles. The fourth-order valence-electron chi connectivity index (χ4n) is 4.14. The number of para-hydroxylation sites is 1. The smallest absolute Gasteiger partial charge is 0.264 e. The van der Waals surface area contributed by atoms with Gasteiger partial charge in [0.1, 0.15) is 18.1 Å². The Kier molecular flexibility index (Phi) is 9.17. The number of nitrogens with zero attached hydrogens (tertiary/aromatic N) is 1. The summed E-state index contributed by atoms with van der Waals surface area (Å²) >= 11 is 0. The number of ether oxygens (including phenoxy) is 1. The van der Waals surface area contributed by atoms with Crippen molar-refractivity contribution in [3.63, 3.8) is 0 Å². The molecule has 0 fully saturated rings. The summed E-state index contributed by atoms with van der Waals surface area (Å²) in [6.45, 7) is 5.23. The third kappa shape index (κ3) is 7.07. The molecule has 0 aliphatic rings. The van der Waals surface area contributed by atoms with Crippen molar-refractivity contribution in [3.8, 4) is 5.75 Å². The second-order valence-electron chi connectivity index (χ2n) is 9.34. The van der Waals surface area contributed by atoms with Crippen molar-refractivity contribution >= 4 is 43.0 Å². The van der Waals surface area contributed by atoms with Crippen LogP contribution >= 0.6 is 0 Å². The number of sulfonamides is 2. The zero-order valence-electron chi connectivity index (χ0n) is 23.2. The summed E-state index contributed by atoms with van der Waals surface area (Å²) < 4.78 is 75.4. The molecule has 0 unspecified atom stereocenters. The lowest BCUT2D eigenvalue weighted by atomic mass is 10.1. The molecule has 0 saturated carbocycles. The number of rotatable bonds is 11. The van der Waals surface area contributed by atoms with Crippen LogP contribution in [0.1, 0.15) is 18.1 Å². The Morgan fingerprint density at radius 2 is 1.38 bits per heavy atom. The topological polar surface area (TPSA) is 122 Å². The van der Waals surface area contributed by atoms with Gasteiger partial charge in [0, 0.05) is 5.69 Å². The number of hydrogen-bond donors (Lipinski definition) is 2. The van der Waals surface area contributed by atoms with Gasteiger partial charge >= 0.3 is 0 Å². The van der Waals surface area contributed by atoms with Crippen LogP contribution < -0.4 is 19.1 Å². The van der Waals surface area contributed by atoms with E-state index >= 15 is 0 Å². The third-order valence-corrected chi connectivity index (χ3v) is 9.44. The Morgan fingerprint density at radius 1 is 0.810 bits per heavy atom. The fraction of sp³-hybridized carbons (Fsp3) is 0.167. The van der Waals surface area contributed by atoms with Crippen LogP contribution in [0.15, 0.2) is 101 Å². The summed E-state index contributed by atoms with van der Waals surface area (Å²) in [6, 6.07) is 21.4. The number of amides is 1. The minimum absolute atomic E-state index is 0.0157. The van der Waals surface area contributed by atoms with Crippen LogP contribution in [0.25, 0.3) is 0 Å². The maximum atomic E-state index is 13.5. The molecule has 9 nitrogen and oxygen atoms in total. The molecule has 4 aromatic carbocycles. The van der Waals surface area contributed by atoms with Gasteiger partial charge in [0.05, 0.1) is 27.8 Å². The zero-order chi connectivity index (χ0) is 30.5. The first-order valence-electron chi connectivity index (χ1n) is 12.9. The van der Waals surface area contributed by atoms with Gasteiger partial charge in [-0.1, -0.05) is 18.2 Å². The predicted molar refractivity (Wildman–Crippen MR) is 160 cm³/mol. The van der Waals surface area contributed by atoms with Crippen molar-refractivity contribution in [2.24, 2.45) is 0 Å². The Bertz CT molecular complexity index is 1760. The van der Waals surface area contributed by atoms with Crippen molar-refractivity contribution in [3.05, 3.63) is 108 Å². The van der Waals surface area contributed by atoms with Gasteiger partial charge in [0.25, 0.3) is 20.0 Å². The van der Waals surface area contributed by atoms with Crippen LogP contribution in [0.3, 0.4) is 0 Å². The Labute approximate surface area is 245 Å². The first kappa shape index (κ1) is 30.5. The number of benzene rings is 4. The molecule has 220 valence electrons. The molecule has 1 amide bonds. The second kappa shape index (κ2) is 12.6.